The second-order valence-corrected chi connectivity index (χ2v) is 7.72. The fourth-order valence-electron chi connectivity index (χ4n) is 2.18. The van der Waals surface area contributed by atoms with E-state index in [9.17, 15) is 19.7 Å². The number of hydrogen-bond donors (Lipinski definition) is 1. The number of anilines is 1. The first kappa shape index (κ1) is 19.6. The molecule has 1 N–H and O–H groups in total. The summed E-state index contributed by atoms with van der Waals surface area (Å²) < 4.78 is 5.14. The van der Waals surface area contributed by atoms with Crippen LogP contribution in [0.2, 0.25) is 0 Å². The van der Waals surface area contributed by atoms with Crippen molar-refractivity contribution in [1.29, 1.82) is 0 Å². The van der Waals surface area contributed by atoms with E-state index in [2.05, 4.69) is 15.3 Å². The van der Waals surface area contributed by atoms with Gasteiger partial charge in [-0.25, -0.2) is 14.8 Å². The van der Waals surface area contributed by atoms with Crippen LogP contribution in [-0.2, 0) is 9.53 Å². The van der Waals surface area contributed by atoms with E-state index in [4.69, 9.17) is 4.74 Å². The molecule has 2 heterocycles. The third-order valence-corrected chi connectivity index (χ3v) is 5.21. The summed E-state index contributed by atoms with van der Waals surface area (Å²) in [4.78, 5) is 43.2. The number of carbonyl (C=O) groups excluding carboxylic acids is 2. The lowest BCUT2D eigenvalue weighted by Crippen LogP contribution is -2.29. The van der Waals surface area contributed by atoms with E-state index in [0.29, 0.717) is 21.3 Å². The van der Waals surface area contributed by atoms with Crippen LogP contribution in [0.1, 0.15) is 21.6 Å². The molecule has 9 nitrogen and oxygen atoms in total. The monoisotopic (exact) mass is 418 g/mol. The molecule has 11 heteroatoms. The lowest BCUT2D eigenvalue weighted by Gasteiger charge is -2.11. The summed E-state index contributed by atoms with van der Waals surface area (Å²) in [5, 5.41) is 16.2. The van der Waals surface area contributed by atoms with Gasteiger partial charge in [0.25, 0.3) is 11.6 Å². The second kappa shape index (κ2) is 8.23. The van der Waals surface area contributed by atoms with Gasteiger partial charge in [0.05, 0.1) is 21.8 Å². The van der Waals surface area contributed by atoms with Crippen molar-refractivity contribution in [2.24, 2.45) is 0 Å². The highest BCUT2D eigenvalue weighted by atomic mass is 32.1. The number of rotatable bonds is 6. The topological polar surface area (TPSA) is 124 Å². The highest BCUT2D eigenvalue weighted by Gasteiger charge is 2.21. The average Bonchev–Trinajstić information content (AvgIpc) is 3.31. The summed E-state index contributed by atoms with van der Waals surface area (Å²) in [5.74, 6) is -1.15. The van der Waals surface area contributed by atoms with Gasteiger partial charge in [-0.05, 0) is 13.8 Å². The van der Waals surface area contributed by atoms with Crippen LogP contribution in [0.4, 0.5) is 10.8 Å². The van der Waals surface area contributed by atoms with E-state index in [1.54, 1.807) is 24.4 Å². The van der Waals surface area contributed by atoms with E-state index < -0.39 is 22.9 Å². The van der Waals surface area contributed by atoms with Crippen LogP contribution < -0.4 is 5.32 Å². The first-order valence-electron chi connectivity index (χ1n) is 7.98. The summed E-state index contributed by atoms with van der Waals surface area (Å²) in [6.07, 6.45) is 0.374. The number of nitrogens with one attached hydrogen (secondary N) is 1. The highest BCUT2D eigenvalue weighted by Crippen LogP contribution is 2.27. The Morgan fingerprint density at radius 1 is 1.36 bits per heavy atom. The van der Waals surface area contributed by atoms with Crippen molar-refractivity contribution < 1.29 is 19.2 Å². The molecule has 0 saturated carbocycles. The van der Waals surface area contributed by atoms with E-state index in [-0.39, 0.29) is 5.69 Å². The van der Waals surface area contributed by atoms with E-state index in [1.807, 2.05) is 0 Å². The molecule has 2 aromatic heterocycles. The minimum Gasteiger partial charge on any atom is -0.448 e. The lowest BCUT2D eigenvalue weighted by molar-refractivity contribution is -0.384. The van der Waals surface area contributed by atoms with Gasteiger partial charge in [-0.2, -0.15) is 0 Å². The predicted octanol–water partition coefficient (Wildman–Crippen LogP) is 3.67. The quantitative estimate of drug-likeness (QED) is 0.368. The molecule has 1 aromatic carbocycles. The van der Waals surface area contributed by atoms with Crippen LogP contribution in [0.25, 0.3) is 11.3 Å². The first-order chi connectivity index (χ1) is 13.3. The van der Waals surface area contributed by atoms with Crippen LogP contribution in [0.5, 0.6) is 0 Å². The van der Waals surface area contributed by atoms with Crippen molar-refractivity contribution in [1.82, 2.24) is 9.97 Å². The molecule has 0 aliphatic heterocycles. The molecular formula is C17H14N4O5S2. The molecular weight excluding hydrogens is 404 g/mol. The molecule has 0 fully saturated rings. The molecule has 1 amide bonds. The predicted molar refractivity (Wildman–Crippen MR) is 105 cm³/mol. The number of nitro benzene ring substituents is 1. The zero-order valence-corrected chi connectivity index (χ0v) is 16.4. The average molecular weight is 418 g/mol. The van der Waals surface area contributed by atoms with Gasteiger partial charge in [0, 0.05) is 23.1 Å². The van der Waals surface area contributed by atoms with E-state index in [1.165, 1.54) is 36.6 Å². The van der Waals surface area contributed by atoms with Gasteiger partial charge in [0.2, 0.25) is 0 Å². The van der Waals surface area contributed by atoms with Crippen molar-refractivity contribution in [2.75, 3.05) is 5.32 Å². The number of thiazole rings is 2. The number of carbonyl (C=O) groups is 2. The van der Waals surface area contributed by atoms with Crippen LogP contribution in [0.3, 0.4) is 0 Å². The smallest absolute Gasteiger partial charge is 0.350 e. The number of aromatic nitrogens is 2. The fourth-order valence-corrected chi connectivity index (χ4v) is 3.56. The van der Waals surface area contributed by atoms with Gasteiger partial charge >= 0.3 is 5.97 Å². The van der Waals surface area contributed by atoms with Gasteiger partial charge in [-0.15, -0.1) is 22.7 Å². The van der Waals surface area contributed by atoms with E-state index >= 15 is 0 Å². The SMILES string of the molecule is Cc1ncc(C(=O)OC(C)C(=O)Nc2nc(-c3cccc([N+](=O)[O-])c3)cs2)s1. The van der Waals surface area contributed by atoms with Gasteiger partial charge in [0.15, 0.2) is 11.2 Å². The van der Waals surface area contributed by atoms with Gasteiger partial charge in [-0.3, -0.25) is 20.2 Å². The maximum atomic E-state index is 12.3. The van der Waals surface area contributed by atoms with Crippen LogP contribution >= 0.6 is 22.7 Å². The normalized spacial score (nSPS) is 11.6. The highest BCUT2D eigenvalue weighted by molar-refractivity contribution is 7.14. The molecule has 3 aromatic rings. The molecule has 0 aliphatic carbocycles. The summed E-state index contributed by atoms with van der Waals surface area (Å²) in [5.41, 5.74) is 1.01. The number of non-ortho nitro benzene ring substituents is 1. The third kappa shape index (κ3) is 4.56. The van der Waals surface area contributed by atoms with Crippen molar-refractivity contribution in [3.05, 3.63) is 55.8 Å². The Bertz CT molecular complexity index is 1050. The number of ether oxygens (including phenoxy) is 1. The molecule has 28 heavy (non-hydrogen) atoms. The summed E-state index contributed by atoms with van der Waals surface area (Å²) >= 11 is 2.34. The van der Waals surface area contributed by atoms with Gasteiger partial charge in [-0.1, -0.05) is 12.1 Å². The zero-order valence-electron chi connectivity index (χ0n) is 14.7. The second-order valence-electron chi connectivity index (χ2n) is 5.63. The Labute approximate surface area is 167 Å². The van der Waals surface area contributed by atoms with Crippen LogP contribution in [0, 0.1) is 17.0 Å². The van der Waals surface area contributed by atoms with Crippen molar-refractivity contribution in [3.63, 3.8) is 0 Å². The van der Waals surface area contributed by atoms with Crippen molar-refractivity contribution in [3.8, 4) is 11.3 Å². The Morgan fingerprint density at radius 2 is 2.14 bits per heavy atom. The van der Waals surface area contributed by atoms with Crippen molar-refractivity contribution >= 4 is 45.4 Å². The number of hydrogen-bond acceptors (Lipinski definition) is 9. The minimum absolute atomic E-state index is 0.0464. The molecule has 1 atom stereocenters. The zero-order chi connectivity index (χ0) is 20.3. The molecule has 0 radical (unpaired) electrons. The molecule has 1 unspecified atom stereocenters. The number of aryl methyl sites for hydroxylation is 1. The fraction of sp³-hybridized carbons (Fsp3) is 0.176. The van der Waals surface area contributed by atoms with E-state index in [0.717, 1.165) is 16.3 Å². The van der Waals surface area contributed by atoms with Gasteiger partial charge < -0.3 is 4.74 Å². The number of esters is 1. The molecule has 0 aliphatic rings. The minimum atomic E-state index is -1.03. The number of amides is 1. The largest absolute Gasteiger partial charge is 0.448 e. The number of nitrogens with zero attached hydrogens (tertiary/aromatic N) is 3. The third-order valence-electron chi connectivity index (χ3n) is 3.56. The van der Waals surface area contributed by atoms with Gasteiger partial charge in [0.1, 0.15) is 4.88 Å². The maximum absolute atomic E-state index is 12.3. The Hall–Kier alpha value is -3.18. The first-order valence-corrected chi connectivity index (χ1v) is 9.67. The Balaban J connectivity index is 1.64. The Morgan fingerprint density at radius 3 is 2.82 bits per heavy atom. The number of nitro groups is 1. The summed E-state index contributed by atoms with van der Waals surface area (Å²) in [6, 6.07) is 6.05. The number of benzene rings is 1. The molecule has 3 rings (SSSR count). The maximum Gasteiger partial charge on any atom is 0.350 e. The van der Waals surface area contributed by atoms with Crippen LogP contribution in [-0.4, -0.2) is 32.9 Å². The molecule has 0 bridgehead atoms. The summed E-state index contributed by atoms with van der Waals surface area (Å²) in [7, 11) is 0. The molecule has 0 spiro atoms. The lowest BCUT2D eigenvalue weighted by atomic mass is 10.1. The standard InChI is InChI=1S/C17H14N4O5S2/c1-9(26-16(23)14-7-18-10(2)28-14)15(22)20-17-19-13(8-27-17)11-4-3-5-12(6-11)21(24)25/h3-9H,1-2H3,(H,19,20,22). The Kier molecular flexibility index (Phi) is 5.76. The molecule has 144 valence electrons. The van der Waals surface area contributed by atoms with Crippen LogP contribution in [0.15, 0.2) is 35.8 Å². The van der Waals surface area contributed by atoms with Crippen molar-refractivity contribution in [2.45, 2.75) is 20.0 Å². The molecule has 0 saturated heterocycles. The summed E-state index contributed by atoms with van der Waals surface area (Å²) in [6.45, 7) is 3.22.